The molecule has 17 heavy (non-hydrogen) atoms. The lowest BCUT2D eigenvalue weighted by Gasteiger charge is -2.32. The first-order valence-electron chi connectivity index (χ1n) is 6.57. The topological polar surface area (TPSA) is 16.1 Å². The van der Waals surface area contributed by atoms with E-state index >= 15 is 0 Å². The molecule has 2 rings (SSSR count). The Hall–Kier alpha value is -0.0600. The molecule has 0 saturated carbocycles. The second-order valence-corrected chi connectivity index (χ2v) is 6.29. The molecule has 0 N–H and O–H groups in total. The predicted octanol–water partition coefficient (Wildman–Crippen LogP) is 3.51. The lowest BCUT2D eigenvalue weighted by molar-refractivity contribution is 0.152. The van der Waals surface area contributed by atoms with Gasteiger partial charge in [0.05, 0.1) is 12.2 Å². The Morgan fingerprint density at radius 1 is 1.47 bits per heavy atom. The molecule has 1 aromatic rings. The van der Waals surface area contributed by atoms with Gasteiger partial charge in [0.2, 0.25) is 0 Å². The summed E-state index contributed by atoms with van der Waals surface area (Å²) in [5.41, 5.74) is 1.25. The highest BCUT2D eigenvalue weighted by Crippen LogP contribution is 2.25. The van der Waals surface area contributed by atoms with Gasteiger partial charge in [-0.25, -0.2) is 4.98 Å². The Morgan fingerprint density at radius 3 is 2.88 bits per heavy atom. The SMILES string of the molecule is CCc1nc(CN2CCCCC2C)sc1CS. The fraction of sp³-hybridized carbons (Fsp3) is 0.769. The number of hydrogen-bond donors (Lipinski definition) is 1. The lowest BCUT2D eigenvalue weighted by Crippen LogP contribution is -2.36. The van der Waals surface area contributed by atoms with Gasteiger partial charge < -0.3 is 0 Å². The Labute approximate surface area is 114 Å². The molecule has 1 fully saturated rings. The molecule has 2 heterocycles. The number of aryl methyl sites for hydroxylation is 1. The number of piperidine rings is 1. The highest BCUT2D eigenvalue weighted by molar-refractivity contribution is 7.79. The maximum absolute atomic E-state index is 4.76. The van der Waals surface area contributed by atoms with Crippen molar-refractivity contribution in [1.82, 2.24) is 9.88 Å². The van der Waals surface area contributed by atoms with E-state index in [1.165, 1.54) is 41.4 Å². The minimum atomic E-state index is 0.720. The molecule has 0 bridgehead atoms. The van der Waals surface area contributed by atoms with Crippen LogP contribution in [0.15, 0.2) is 0 Å². The Balaban J connectivity index is 2.04. The molecule has 0 spiro atoms. The molecule has 1 atom stereocenters. The average molecular weight is 270 g/mol. The van der Waals surface area contributed by atoms with E-state index in [0.29, 0.717) is 0 Å². The van der Waals surface area contributed by atoms with E-state index in [0.717, 1.165) is 24.8 Å². The summed E-state index contributed by atoms with van der Waals surface area (Å²) in [4.78, 5) is 8.69. The van der Waals surface area contributed by atoms with Crippen LogP contribution in [0.5, 0.6) is 0 Å². The molecular weight excluding hydrogens is 248 g/mol. The third-order valence-corrected chi connectivity index (χ3v) is 5.19. The van der Waals surface area contributed by atoms with Crippen LogP contribution < -0.4 is 0 Å². The summed E-state index contributed by atoms with van der Waals surface area (Å²) in [6.07, 6.45) is 5.10. The van der Waals surface area contributed by atoms with E-state index in [9.17, 15) is 0 Å². The van der Waals surface area contributed by atoms with Crippen molar-refractivity contribution in [2.45, 2.75) is 57.9 Å². The van der Waals surface area contributed by atoms with Crippen LogP contribution in [-0.2, 0) is 18.7 Å². The second-order valence-electron chi connectivity index (χ2n) is 4.80. The molecule has 0 amide bonds. The largest absolute Gasteiger partial charge is 0.294 e. The highest BCUT2D eigenvalue weighted by Gasteiger charge is 2.20. The van der Waals surface area contributed by atoms with Crippen molar-refractivity contribution in [3.05, 3.63) is 15.6 Å². The lowest BCUT2D eigenvalue weighted by atomic mass is 10.0. The van der Waals surface area contributed by atoms with E-state index < -0.39 is 0 Å². The van der Waals surface area contributed by atoms with Gasteiger partial charge in [0.1, 0.15) is 5.01 Å². The normalized spacial score (nSPS) is 21.9. The first-order valence-corrected chi connectivity index (χ1v) is 8.01. The molecular formula is C13H22N2S2. The minimum Gasteiger partial charge on any atom is -0.294 e. The van der Waals surface area contributed by atoms with Crippen molar-refractivity contribution in [3.8, 4) is 0 Å². The molecule has 1 saturated heterocycles. The van der Waals surface area contributed by atoms with Gasteiger partial charge in [-0.05, 0) is 32.7 Å². The smallest absolute Gasteiger partial charge is 0.107 e. The van der Waals surface area contributed by atoms with E-state index in [-0.39, 0.29) is 0 Å². The van der Waals surface area contributed by atoms with E-state index in [1.54, 1.807) is 0 Å². The molecule has 0 aliphatic carbocycles. The molecule has 1 aliphatic rings. The molecule has 1 aromatic heterocycles. The fourth-order valence-corrected chi connectivity index (χ4v) is 3.89. The standard InChI is InChI=1S/C13H22N2S2/c1-3-11-12(9-16)17-13(14-11)8-15-7-5-4-6-10(15)2/h10,16H,3-9H2,1-2H3. The van der Waals surface area contributed by atoms with E-state index in [1.807, 2.05) is 11.3 Å². The molecule has 1 aliphatic heterocycles. The maximum atomic E-state index is 4.76. The number of likely N-dealkylation sites (tertiary alicyclic amines) is 1. The van der Waals surface area contributed by atoms with Gasteiger partial charge in [0.25, 0.3) is 0 Å². The van der Waals surface area contributed by atoms with E-state index in [2.05, 4.69) is 31.4 Å². The summed E-state index contributed by atoms with van der Waals surface area (Å²) in [5, 5.41) is 1.28. The molecule has 2 nitrogen and oxygen atoms in total. The summed E-state index contributed by atoms with van der Waals surface area (Å²) < 4.78 is 0. The van der Waals surface area contributed by atoms with Crippen LogP contribution in [-0.4, -0.2) is 22.5 Å². The summed E-state index contributed by atoms with van der Waals surface area (Å²) in [6.45, 7) is 6.79. The Kier molecular flexibility index (Phi) is 4.88. The van der Waals surface area contributed by atoms with E-state index in [4.69, 9.17) is 4.98 Å². The summed E-state index contributed by atoms with van der Waals surface area (Å²) in [6, 6.07) is 0.720. The van der Waals surface area contributed by atoms with Crippen molar-refractivity contribution in [2.24, 2.45) is 0 Å². The van der Waals surface area contributed by atoms with Crippen molar-refractivity contribution in [3.63, 3.8) is 0 Å². The number of hydrogen-bond acceptors (Lipinski definition) is 4. The van der Waals surface area contributed by atoms with Gasteiger partial charge in [0, 0.05) is 16.7 Å². The van der Waals surface area contributed by atoms with Crippen LogP contribution in [0.25, 0.3) is 0 Å². The number of nitrogens with zero attached hydrogens (tertiary/aromatic N) is 2. The quantitative estimate of drug-likeness (QED) is 0.843. The maximum Gasteiger partial charge on any atom is 0.107 e. The van der Waals surface area contributed by atoms with Gasteiger partial charge >= 0.3 is 0 Å². The van der Waals surface area contributed by atoms with Crippen molar-refractivity contribution in [2.75, 3.05) is 6.54 Å². The minimum absolute atomic E-state index is 0.720. The molecule has 1 unspecified atom stereocenters. The number of rotatable bonds is 4. The van der Waals surface area contributed by atoms with Gasteiger partial charge in [-0.1, -0.05) is 13.3 Å². The number of thiol groups is 1. The van der Waals surface area contributed by atoms with Crippen molar-refractivity contribution < 1.29 is 0 Å². The summed E-state index contributed by atoms with van der Waals surface area (Å²) in [5.74, 6) is 0.830. The van der Waals surface area contributed by atoms with Gasteiger partial charge in [-0.3, -0.25) is 4.90 Å². The molecule has 0 aromatic carbocycles. The van der Waals surface area contributed by atoms with Crippen LogP contribution in [0.3, 0.4) is 0 Å². The van der Waals surface area contributed by atoms with Crippen LogP contribution in [0.4, 0.5) is 0 Å². The predicted molar refractivity (Wildman–Crippen MR) is 77.9 cm³/mol. The third-order valence-electron chi connectivity index (χ3n) is 3.58. The zero-order valence-electron chi connectivity index (χ0n) is 10.8. The van der Waals surface area contributed by atoms with Crippen molar-refractivity contribution in [1.29, 1.82) is 0 Å². The van der Waals surface area contributed by atoms with Gasteiger partial charge in [-0.15, -0.1) is 11.3 Å². The highest BCUT2D eigenvalue weighted by atomic mass is 32.1. The summed E-state index contributed by atoms with van der Waals surface area (Å²) >= 11 is 6.24. The third kappa shape index (κ3) is 3.24. The van der Waals surface area contributed by atoms with Gasteiger partial charge in [-0.2, -0.15) is 12.6 Å². The zero-order chi connectivity index (χ0) is 12.3. The first-order chi connectivity index (χ1) is 8.24. The van der Waals surface area contributed by atoms with Gasteiger partial charge in [0.15, 0.2) is 0 Å². The number of aromatic nitrogens is 1. The average Bonchev–Trinajstić information content (AvgIpc) is 2.74. The molecule has 0 radical (unpaired) electrons. The zero-order valence-corrected chi connectivity index (χ0v) is 12.5. The van der Waals surface area contributed by atoms with Crippen LogP contribution in [0, 0.1) is 0 Å². The summed E-state index contributed by atoms with van der Waals surface area (Å²) in [7, 11) is 0. The first kappa shape index (κ1) is 13.4. The molecule has 96 valence electrons. The molecule has 4 heteroatoms. The fourth-order valence-electron chi connectivity index (χ4n) is 2.47. The van der Waals surface area contributed by atoms with Crippen LogP contribution in [0.2, 0.25) is 0 Å². The Bertz CT molecular complexity index is 341. The monoisotopic (exact) mass is 270 g/mol. The second kappa shape index (κ2) is 6.21. The Morgan fingerprint density at radius 2 is 2.29 bits per heavy atom. The van der Waals surface area contributed by atoms with Crippen molar-refractivity contribution >= 4 is 24.0 Å². The number of thiazole rings is 1. The van der Waals surface area contributed by atoms with Crippen LogP contribution >= 0.6 is 24.0 Å². The van der Waals surface area contributed by atoms with Crippen LogP contribution in [0.1, 0.15) is 48.7 Å².